The molecule has 22 heavy (non-hydrogen) atoms. The van der Waals surface area contributed by atoms with Crippen LogP contribution in [0.2, 0.25) is 0 Å². The largest absolute Gasteiger partial charge is 0.392 e. The molecule has 0 aromatic heterocycles. The standard InChI is InChI=1S/C17H19NO3S/c1-13(20)18-17-4-2-3-16(9-17)12-22(21)11-15-7-5-14(10-19)6-8-15/h2-9,19H,10-12H2,1H3,(H,18,20). The summed E-state index contributed by atoms with van der Waals surface area (Å²) in [5, 5.41) is 11.7. The number of aliphatic hydroxyl groups is 1. The van der Waals surface area contributed by atoms with E-state index in [4.69, 9.17) is 5.11 Å². The molecule has 0 radical (unpaired) electrons. The van der Waals surface area contributed by atoms with Gasteiger partial charge in [-0.3, -0.25) is 9.00 Å². The Balaban J connectivity index is 1.97. The summed E-state index contributed by atoms with van der Waals surface area (Å²) in [5.41, 5.74) is 3.47. The highest BCUT2D eigenvalue weighted by Gasteiger charge is 2.05. The van der Waals surface area contributed by atoms with Gasteiger partial charge in [-0.15, -0.1) is 0 Å². The van der Waals surface area contributed by atoms with E-state index >= 15 is 0 Å². The predicted molar refractivity (Wildman–Crippen MR) is 88.7 cm³/mol. The van der Waals surface area contributed by atoms with Crippen LogP contribution in [-0.2, 0) is 33.7 Å². The second kappa shape index (κ2) is 7.87. The van der Waals surface area contributed by atoms with Crippen LogP contribution in [0.3, 0.4) is 0 Å². The number of carbonyl (C=O) groups is 1. The molecule has 116 valence electrons. The lowest BCUT2D eigenvalue weighted by atomic mass is 10.2. The highest BCUT2D eigenvalue weighted by Crippen LogP contribution is 2.14. The fraction of sp³-hybridized carbons (Fsp3) is 0.235. The summed E-state index contributed by atoms with van der Waals surface area (Å²) in [6, 6.07) is 14.8. The summed E-state index contributed by atoms with van der Waals surface area (Å²) in [7, 11) is -1.03. The summed E-state index contributed by atoms with van der Waals surface area (Å²) in [4.78, 5) is 11.1. The van der Waals surface area contributed by atoms with Gasteiger partial charge in [0.2, 0.25) is 5.91 Å². The molecule has 0 saturated heterocycles. The average Bonchev–Trinajstić information content (AvgIpc) is 2.47. The van der Waals surface area contributed by atoms with E-state index in [1.54, 1.807) is 6.07 Å². The maximum atomic E-state index is 12.2. The van der Waals surface area contributed by atoms with Crippen molar-refractivity contribution in [3.63, 3.8) is 0 Å². The quantitative estimate of drug-likeness (QED) is 0.860. The van der Waals surface area contributed by atoms with Crippen molar-refractivity contribution in [2.24, 2.45) is 0 Å². The summed E-state index contributed by atoms with van der Waals surface area (Å²) in [5.74, 6) is 0.785. The molecule has 4 nitrogen and oxygen atoms in total. The average molecular weight is 317 g/mol. The van der Waals surface area contributed by atoms with E-state index in [1.165, 1.54) is 6.92 Å². The maximum Gasteiger partial charge on any atom is 0.221 e. The third kappa shape index (κ3) is 5.09. The Bertz CT molecular complexity index is 668. The molecule has 5 heteroatoms. The number of benzene rings is 2. The number of nitrogens with one attached hydrogen (secondary N) is 1. The zero-order valence-corrected chi connectivity index (χ0v) is 13.2. The Morgan fingerprint density at radius 3 is 2.32 bits per heavy atom. The Labute approximate surface area is 132 Å². The molecule has 1 unspecified atom stereocenters. The highest BCUT2D eigenvalue weighted by atomic mass is 32.2. The van der Waals surface area contributed by atoms with Gasteiger partial charge >= 0.3 is 0 Å². The molecule has 0 aliphatic carbocycles. The molecule has 2 N–H and O–H groups in total. The fourth-order valence-corrected chi connectivity index (χ4v) is 3.32. The van der Waals surface area contributed by atoms with E-state index < -0.39 is 10.8 Å². The number of hydrogen-bond acceptors (Lipinski definition) is 3. The van der Waals surface area contributed by atoms with Gasteiger partial charge in [-0.25, -0.2) is 0 Å². The van der Waals surface area contributed by atoms with E-state index in [0.717, 1.165) is 16.7 Å². The van der Waals surface area contributed by atoms with Crippen molar-refractivity contribution >= 4 is 22.4 Å². The lowest BCUT2D eigenvalue weighted by Gasteiger charge is -2.07. The number of anilines is 1. The van der Waals surface area contributed by atoms with Gasteiger partial charge < -0.3 is 10.4 Å². The minimum Gasteiger partial charge on any atom is -0.392 e. The van der Waals surface area contributed by atoms with Crippen LogP contribution in [0.5, 0.6) is 0 Å². The number of carbonyl (C=O) groups excluding carboxylic acids is 1. The van der Waals surface area contributed by atoms with Crippen LogP contribution in [0.4, 0.5) is 5.69 Å². The number of hydrogen-bond donors (Lipinski definition) is 2. The monoisotopic (exact) mass is 317 g/mol. The molecule has 1 amide bonds. The molecule has 1 atom stereocenters. The maximum absolute atomic E-state index is 12.2. The summed E-state index contributed by atoms with van der Waals surface area (Å²) in [6.45, 7) is 1.47. The first-order valence-electron chi connectivity index (χ1n) is 6.97. The SMILES string of the molecule is CC(=O)Nc1cccc(CS(=O)Cc2ccc(CO)cc2)c1. The Kier molecular flexibility index (Phi) is 5.86. The van der Waals surface area contributed by atoms with Gasteiger partial charge in [-0.2, -0.15) is 0 Å². The molecule has 0 saturated carbocycles. The van der Waals surface area contributed by atoms with Gasteiger partial charge in [-0.05, 0) is 28.8 Å². The molecular weight excluding hydrogens is 298 g/mol. The van der Waals surface area contributed by atoms with Crippen molar-refractivity contribution in [3.05, 3.63) is 65.2 Å². The molecule has 2 rings (SSSR count). The van der Waals surface area contributed by atoms with Crippen molar-refractivity contribution in [2.75, 3.05) is 5.32 Å². The molecule has 0 aliphatic heterocycles. The molecule has 0 fully saturated rings. The third-order valence-corrected chi connectivity index (χ3v) is 4.42. The van der Waals surface area contributed by atoms with Gasteiger partial charge in [0.1, 0.15) is 0 Å². The van der Waals surface area contributed by atoms with Crippen LogP contribution in [0, 0.1) is 0 Å². The first kappa shape index (κ1) is 16.4. The highest BCUT2D eigenvalue weighted by molar-refractivity contribution is 7.83. The lowest BCUT2D eigenvalue weighted by molar-refractivity contribution is -0.114. The van der Waals surface area contributed by atoms with E-state index in [-0.39, 0.29) is 12.5 Å². The molecular formula is C17H19NO3S. The second-order valence-electron chi connectivity index (χ2n) is 5.08. The van der Waals surface area contributed by atoms with Crippen molar-refractivity contribution in [2.45, 2.75) is 25.0 Å². The van der Waals surface area contributed by atoms with Gasteiger partial charge in [0.05, 0.1) is 6.61 Å². The van der Waals surface area contributed by atoms with Crippen LogP contribution in [-0.4, -0.2) is 15.2 Å². The molecule has 0 bridgehead atoms. The van der Waals surface area contributed by atoms with E-state index in [2.05, 4.69) is 5.32 Å². The van der Waals surface area contributed by atoms with Crippen molar-refractivity contribution in [3.8, 4) is 0 Å². The van der Waals surface area contributed by atoms with Crippen molar-refractivity contribution < 1.29 is 14.1 Å². The smallest absolute Gasteiger partial charge is 0.221 e. The molecule has 2 aromatic rings. The van der Waals surface area contributed by atoms with Crippen LogP contribution >= 0.6 is 0 Å². The zero-order valence-electron chi connectivity index (χ0n) is 12.4. The summed E-state index contributed by atoms with van der Waals surface area (Å²) in [6.07, 6.45) is 0. The van der Waals surface area contributed by atoms with Crippen LogP contribution in [0.15, 0.2) is 48.5 Å². The number of amides is 1. The Morgan fingerprint density at radius 2 is 1.68 bits per heavy atom. The van der Waals surface area contributed by atoms with Crippen molar-refractivity contribution in [1.29, 1.82) is 0 Å². The summed E-state index contributed by atoms with van der Waals surface area (Å²) >= 11 is 0. The third-order valence-electron chi connectivity index (χ3n) is 3.11. The minimum atomic E-state index is -1.03. The molecule has 0 aliphatic rings. The second-order valence-corrected chi connectivity index (χ2v) is 6.54. The van der Waals surface area contributed by atoms with Gasteiger partial charge in [-0.1, -0.05) is 36.4 Å². The topological polar surface area (TPSA) is 66.4 Å². The minimum absolute atomic E-state index is 0.0132. The van der Waals surface area contributed by atoms with E-state index in [0.29, 0.717) is 17.2 Å². The first-order chi connectivity index (χ1) is 10.6. The Morgan fingerprint density at radius 1 is 1.05 bits per heavy atom. The van der Waals surface area contributed by atoms with Gasteiger partial charge in [0.25, 0.3) is 0 Å². The normalized spacial score (nSPS) is 11.9. The summed E-state index contributed by atoms with van der Waals surface area (Å²) < 4.78 is 12.2. The number of aliphatic hydroxyl groups excluding tert-OH is 1. The first-order valence-corrected chi connectivity index (χ1v) is 8.46. The van der Waals surface area contributed by atoms with Crippen LogP contribution in [0.1, 0.15) is 23.6 Å². The number of rotatable bonds is 6. The Hall–Kier alpha value is -1.98. The predicted octanol–water partition coefficient (Wildman–Crippen LogP) is 2.59. The van der Waals surface area contributed by atoms with Crippen molar-refractivity contribution in [1.82, 2.24) is 0 Å². The fourth-order valence-electron chi connectivity index (χ4n) is 2.11. The molecule has 0 spiro atoms. The van der Waals surface area contributed by atoms with Crippen LogP contribution in [0.25, 0.3) is 0 Å². The van der Waals surface area contributed by atoms with Gasteiger partial charge in [0.15, 0.2) is 0 Å². The molecule has 0 heterocycles. The van der Waals surface area contributed by atoms with E-state index in [1.807, 2.05) is 42.5 Å². The molecule has 2 aromatic carbocycles. The zero-order chi connectivity index (χ0) is 15.9. The van der Waals surface area contributed by atoms with Crippen LogP contribution < -0.4 is 5.32 Å². The lowest BCUT2D eigenvalue weighted by Crippen LogP contribution is -2.06. The van der Waals surface area contributed by atoms with E-state index in [9.17, 15) is 9.00 Å². The van der Waals surface area contributed by atoms with Gasteiger partial charge in [0, 0.05) is 34.9 Å².